The molecule has 5 heteroatoms. The van der Waals surface area contributed by atoms with E-state index in [9.17, 15) is 4.79 Å². The summed E-state index contributed by atoms with van der Waals surface area (Å²) in [6.45, 7) is 6.37. The van der Waals surface area contributed by atoms with Crippen molar-refractivity contribution in [2.45, 2.75) is 25.6 Å². The SMILES string of the molecule is C=CC(=O)OCCC[Si]1(C)OCc2ccccc2O1. The number of benzene rings is 1. The molecule has 1 aromatic carbocycles. The molecule has 0 N–H and O–H groups in total. The van der Waals surface area contributed by atoms with Crippen LogP contribution in [0.1, 0.15) is 12.0 Å². The molecule has 0 radical (unpaired) electrons. The lowest BCUT2D eigenvalue weighted by atomic mass is 10.2. The van der Waals surface area contributed by atoms with Crippen LogP contribution in [0.4, 0.5) is 0 Å². The van der Waals surface area contributed by atoms with Crippen LogP contribution < -0.4 is 4.43 Å². The van der Waals surface area contributed by atoms with Gasteiger partial charge in [0.2, 0.25) is 0 Å². The van der Waals surface area contributed by atoms with Gasteiger partial charge in [-0.05, 0) is 19.0 Å². The Bertz CT molecular complexity index is 474. The summed E-state index contributed by atoms with van der Waals surface area (Å²) < 4.78 is 16.8. The molecule has 1 atom stereocenters. The van der Waals surface area contributed by atoms with E-state index in [2.05, 4.69) is 6.58 Å². The number of carbonyl (C=O) groups excluding carboxylic acids is 1. The summed E-state index contributed by atoms with van der Waals surface area (Å²) in [5.74, 6) is 0.536. The van der Waals surface area contributed by atoms with Gasteiger partial charge in [0.25, 0.3) is 0 Å². The third-order valence-corrected chi connectivity index (χ3v) is 5.69. The number of carbonyl (C=O) groups is 1. The Hall–Kier alpha value is -1.59. The zero-order valence-corrected chi connectivity index (χ0v) is 12.1. The number of esters is 1. The van der Waals surface area contributed by atoms with Crippen LogP contribution in [0.25, 0.3) is 0 Å². The fourth-order valence-electron chi connectivity index (χ4n) is 1.96. The average Bonchev–Trinajstić information content (AvgIpc) is 2.43. The number of hydrogen-bond acceptors (Lipinski definition) is 4. The Morgan fingerprint density at radius 3 is 3.11 bits per heavy atom. The first-order valence-corrected chi connectivity index (χ1v) is 8.85. The third kappa shape index (κ3) is 3.68. The van der Waals surface area contributed by atoms with Crippen LogP contribution >= 0.6 is 0 Å². The first-order valence-electron chi connectivity index (χ1n) is 6.33. The second-order valence-electron chi connectivity index (χ2n) is 4.61. The van der Waals surface area contributed by atoms with Crippen molar-refractivity contribution in [2.75, 3.05) is 6.61 Å². The lowest BCUT2D eigenvalue weighted by Gasteiger charge is -2.33. The molecule has 0 bridgehead atoms. The van der Waals surface area contributed by atoms with E-state index < -0.39 is 8.56 Å². The Kier molecular flexibility index (Phi) is 4.39. The maximum atomic E-state index is 10.9. The number of hydrogen-bond donors (Lipinski definition) is 0. The van der Waals surface area contributed by atoms with Crippen LogP contribution in [0, 0.1) is 0 Å². The van der Waals surface area contributed by atoms with Gasteiger partial charge in [-0.3, -0.25) is 0 Å². The van der Waals surface area contributed by atoms with Gasteiger partial charge in [0, 0.05) is 17.7 Å². The maximum Gasteiger partial charge on any atom is 0.396 e. The highest BCUT2D eigenvalue weighted by Crippen LogP contribution is 2.31. The number of rotatable bonds is 5. The van der Waals surface area contributed by atoms with Gasteiger partial charge in [-0.2, -0.15) is 0 Å². The molecule has 0 spiro atoms. The topological polar surface area (TPSA) is 44.8 Å². The molecular formula is C14H18O4Si. The predicted molar refractivity (Wildman–Crippen MR) is 74.1 cm³/mol. The highest BCUT2D eigenvalue weighted by Gasteiger charge is 2.37. The zero-order chi connectivity index (χ0) is 13.7. The first kappa shape index (κ1) is 13.8. The molecule has 1 aliphatic heterocycles. The highest BCUT2D eigenvalue weighted by atomic mass is 28.4. The fourth-order valence-corrected chi connectivity index (χ4v) is 4.18. The monoisotopic (exact) mass is 278 g/mol. The molecule has 0 aliphatic carbocycles. The van der Waals surface area contributed by atoms with Crippen molar-refractivity contribution >= 4 is 14.5 Å². The van der Waals surface area contributed by atoms with Crippen molar-refractivity contribution in [3.63, 3.8) is 0 Å². The van der Waals surface area contributed by atoms with E-state index >= 15 is 0 Å². The van der Waals surface area contributed by atoms with Crippen LogP contribution in [0.5, 0.6) is 5.75 Å². The summed E-state index contributed by atoms with van der Waals surface area (Å²) in [5.41, 5.74) is 1.09. The molecule has 0 amide bonds. The third-order valence-electron chi connectivity index (χ3n) is 3.02. The first-order chi connectivity index (χ1) is 9.13. The number of para-hydroxylation sites is 1. The summed E-state index contributed by atoms with van der Waals surface area (Å²) in [6.07, 6.45) is 1.91. The molecule has 0 saturated carbocycles. The average molecular weight is 278 g/mol. The smallest absolute Gasteiger partial charge is 0.396 e. The van der Waals surface area contributed by atoms with Gasteiger partial charge < -0.3 is 13.6 Å². The minimum Gasteiger partial charge on any atom is -0.520 e. The predicted octanol–water partition coefficient (Wildman–Crippen LogP) is 2.79. The van der Waals surface area contributed by atoms with Gasteiger partial charge in [0.1, 0.15) is 5.75 Å². The Labute approximate surface area is 114 Å². The summed E-state index contributed by atoms with van der Waals surface area (Å²) in [6, 6.07) is 8.72. The zero-order valence-electron chi connectivity index (χ0n) is 11.1. The van der Waals surface area contributed by atoms with Crippen LogP contribution in [0.3, 0.4) is 0 Å². The van der Waals surface area contributed by atoms with Gasteiger partial charge in [0.15, 0.2) is 0 Å². The maximum absolute atomic E-state index is 10.9. The Balaban J connectivity index is 1.84. The fraction of sp³-hybridized carbons (Fsp3) is 0.357. The molecule has 1 heterocycles. The van der Waals surface area contributed by atoms with E-state index in [0.29, 0.717) is 13.2 Å². The molecule has 1 aromatic rings. The van der Waals surface area contributed by atoms with Crippen molar-refractivity contribution in [1.29, 1.82) is 0 Å². The van der Waals surface area contributed by atoms with Gasteiger partial charge in [-0.25, -0.2) is 4.79 Å². The second kappa shape index (κ2) is 6.03. The highest BCUT2D eigenvalue weighted by molar-refractivity contribution is 6.66. The minimum absolute atomic E-state index is 0.377. The van der Waals surface area contributed by atoms with Crippen LogP contribution in [0.15, 0.2) is 36.9 Å². The second-order valence-corrected chi connectivity index (χ2v) is 7.87. The Morgan fingerprint density at radius 2 is 2.32 bits per heavy atom. The summed E-state index contributed by atoms with van der Waals surface area (Å²) >= 11 is 0. The molecule has 4 nitrogen and oxygen atoms in total. The van der Waals surface area contributed by atoms with Crippen molar-refractivity contribution in [3.05, 3.63) is 42.5 Å². The van der Waals surface area contributed by atoms with E-state index in [1.807, 2.05) is 30.8 Å². The van der Waals surface area contributed by atoms with Gasteiger partial charge in [0.05, 0.1) is 13.2 Å². The van der Waals surface area contributed by atoms with Gasteiger partial charge in [-0.1, -0.05) is 24.8 Å². The molecule has 0 fully saturated rings. The van der Waals surface area contributed by atoms with Gasteiger partial charge >= 0.3 is 14.5 Å². The van der Waals surface area contributed by atoms with E-state index in [0.717, 1.165) is 23.8 Å². The standard InChI is InChI=1S/C14H18O4Si/c1-3-14(15)16-9-6-10-19(2)17-11-12-7-4-5-8-13(12)18-19/h3-5,7-8H,1,6,9-11H2,2H3. The molecule has 19 heavy (non-hydrogen) atoms. The lowest BCUT2D eigenvalue weighted by molar-refractivity contribution is -0.137. The lowest BCUT2D eigenvalue weighted by Crippen LogP contribution is -2.44. The molecule has 0 saturated heterocycles. The van der Waals surface area contributed by atoms with Crippen molar-refractivity contribution in [2.24, 2.45) is 0 Å². The summed E-state index contributed by atoms with van der Waals surface area (Å²) in [4.78, 5) is 10.9. The van der Waals surface area contributed by atoms with Crippen molar-refractivity contribution < 1.29 is 18.4 Å². The quantitative estimate of drug-likeness (QED) is 0.359. The normalized spacial score (nSPS) is 21.1. The molecule has 2 rings (SSSR count). The molecule has 0 aromatic heterocycles. The number of ether oxygens (including phenoxy) is 1. The molecular weight excluding hydrogens is 260 g/mol. The molecule has 1 unspecified atom stereocenters. The van der Waals surface area contributed by atoms with Crippen LogP contribution in [0.2, 0.25) is 12.6 Å². The van der Waals surface area contributed by atoms with Crippen LogP contribution in [-0.4, -0.2) is 21.1 Å². The largest absolute Gasteiger partial charge is 0.520 e. The number of fused-ring (bicyclic) bond motifs is 1. The van der Waals surface area contributed by atoms with E-state index in [-0.39, 0.29) is 5.97 Å². The van der Waals surface area contributed by atoms with Crippen molar-refractivity contribution in [1.82, 2.24) is 0 Å². The van der Waals surface area contributed by atoms with Crippen LogP contribution in [-0.2, 0) is 20.6 Å². The molecule has 1 aliphatic rings. The summed E-state index contributed by atoms with van der Waals surface area (Å²) in [7, 11) is -2.19. The molecule has 102 valence electrons. The Morgan fingerprint density at radius 1 is 1.53 bits per heavy atom. The van der Waals surface area contributed by atoms with Crippen molar-refractivity contribution in [3.8, 4) is 5.75 Å². The van der Waals surface area contributed by atoms with E-state index in [1.54, 1.807) is 0 Å². The van der Waals surface area contributed by atoms with E-state index in [1.165, 1.54) is 6.08 Å². The van der Waals surface area contributed by atoms with Gasteiger partial charge in [-0.15, -0.1) is 0 Å². The minimum atomic E-state index is -2.19. The summed E-state index contributed by atoms with van der Waals surface area (Å²) in [5, 5.41) is 0. The van der Waals surface area contributed by atoms with E-state index in [4.69, 9.17) is 13.6 Å².